The molecule has 1 aliphatic rings. The summed E-state index contributed by atoms with van der Waals surface area (Å²) >= 11 is 0. The number of hydrogen-bond donors (Lipinski definition) is 2. The second kappa shape index (κ2) is 6.96. The van der Waals surface area contributed by atoms with Crippen molar-refractivity contribution in [2.24, 2.45) is 0 Å². The molecule has 1 heterocycles. The summed E-state index contributed by atoms with van der Waals surface area (Å²) in [5.41, 5.74) is 3.88. The number of nitrogens with one attached hydrogen (secondary N) is 2. The number of rotatable bonds is 6. The van der Waals surface area contributed by atoms with E-state index in [0.717, 1.165) is 32.4 Å². The summed E-state index contributed by atoms with van der Waals surface area (Å²) in [5, 5.41) is 6.27. The zero-order valence-electron chi connectivity index (χ0n) is 11.2. The normalized spacial score (nSPS) is 12.8. The van der Waals surface area contributed by atoms with E-state index in [2.05, 4.69) is 34.8 Å². The lowest BCUT2D eigenvalue weighted by Gasteiger charge is -2.07. The molecular formula is C16H20N2O. The summed E-state index contributed by atoms with van der Waals surface area (Å²) in [7, 11) is 0. The second-order valence-corrected chi connectivity index (χ2v) is 4.89. The Morgan fingerprint density at radius 2 is 2.16 bits per heavy atom. The van der Waals surface area contributed by atoms with Crippen molar-refractivity contribution in [3.05, 3.63) is 34.9 Å². The Labute approximate surface area is 114 Å². The van der Waals surface area contributed by atoms with Crippen LogP contribution < -0.4 is 10.6 Å². The third kappa shape index (κ3) is 4.11. The minimum atomic E-state index is 0.107. The molecule has 2 rings (SSSR count). The number of benzene rings is 1. The number of carbonyl (C=O) groups is 1. The van der Waals surface area contributed by atoms with Crippen LogP contribution in [0.25, 0.3) is 0 Å². The highest BCUT2D eigenvalue weighted by Crippen LogP contribution is 2.16. The lowest BCUT2D eigenvalue weighted by atomic mass is 10.1. The van der Waals surface area contributed by atoms with E-state index in [1.54, 1.807) is 0 Å². The van der Waals surface area contributed by atoms with Gasteiger partial charge in [-0.2, -0.15) is 0 Å². The van der Waals surface area contributed by atoms with E-state index in [0.29, 0.717) is 13.0 Å². The van der Waals surface area contributed by atoms with Gasteiger partial charge in [-0.05, 0) is 29.5 Å². The van der Waals surface area contributed by atoms with E-state index in [1.807, 2.05) is 0 Å². The number of hydrogen-bond acceptors (Lipinski definition) is 2. The van der Waals surface area contributed by atoms with Crippen LogP contribution in [0.4, 0.5) is 0 Å². The zero-order valence-corrected chi connectivity index (χ0v) is 11.2. The van der Waals surface area contributed by atoms with E-state index < -0.39 is 0 Å². The maximum atomic E-state index is 11.6. The van der Waals surface area contributed by atoms with Gasteiger partial charge >= 0.3 is 0 Å². The van der Waals surface area contributed by atoms with Crippen LogP contribution in [-0.4, -0.2) is 5.91 Å². The quantitative estimate of drug-likeness (QED) is 0.604. The van der Waals surface area contributed by atoms with Crippen LogP contribution >= 0.6 is 0 Å². The molecule has 0 radical (unpaired) electrons. The molecule has 2 N–H and O–H groups in total. The maximum absolute atomic E-state index is 11.6. The van der Waals surface area contributed by atoms with Crippen molar-refractivity contribution in [1.29, 1.82) is 0 Å². The van der Waals surface area contributed by atoms with Gasteiger partial charge < -0.3 is 10.6 Å². The zero-order chi connectivity index (χ0) is 13.5. The Hall–Kier alpha value is -1.79. The minimum absolute atomic E-state index is 0.107. The minimum Gasteiger partial charge on any atom is -0.352 e. The fourth-order valence-corrected chi connectivity index (χ4v) is 2.26. The van der Waals surface area contributed by atoms with Crippen LogP contribution in [0.5, 0.6) is 0 Å². The first kappa shape index (κ1) is 13.6. The van der Waals surface area contributed by atoms with Gasteiger partial charge in [-0.25, -0.2) is 0 Å². The summed E-state index contributed by atoms with van der Waals surface area (Å²) in [5.74, 6) is 2.69. The lowest BCUT2D eigenvalue weighted by Crippen LogP contribution is -2.22. The highest BCUT2D eigenvalue weighted by Gasteiger charge is 2.10. The molecule has 100 valence electrons. The molecule has 3 heteroatoms. The standard InChI is InChI=1S/C16H20N2O/c1-2-3-4-5-6-16(19)18-10-13-7-8-14-11-17-12-15(14)9-13/h1,7-9,17H,3-6,10-12H2,(H,18,19). The number of unbranched alkanes of at least 4 members (excludes halogenated alkanes) is 2. The Morgan fingerprint density at radius 1 is 1.32 bits per heavy atom. The molecule has 1 aromatic carbocycles. The summed E-state index contributed by atoms with van der Waals surface area (Å²) in [6.07, 6.45) is 8.28. The van der Waals surface area contributed by atoms with Crippen LogP contribution in [0.1, 0.15) is 42.4 Å². The molecule has 3 nitrogen and oxygen atoms in total. The Morgan fingerprint density at radius 3 is 3.00 bits per heavy atom. The molecule has 0 atom stereocenters. The van der Waals surface area contributed by atoms with Crippen molar-refractivity contribution < 1.29 is 4.79 Å². The van der Waals surface area contributed by atoms with Crippen molar-refractivity contribution in [1.82, 2.24) is 10.6 Å². The summed E-state index contributed by atoms with van der Waals surface area (Å²) in [6, 6.07) is 6.40. The summed E-state index contributed by atoms with van der Waals surface area (Å²) < 4.78 is 0. The number of carbonyl (C=O) groups excluding carboxylic acids is 1. The molecule has 1 amide bonds. The molecule has 0 saturated carbocycles. The van der Waals surface area contributed by atoms with E-state index in [-0.39, 0.29) is 5.91 Å². The van der Waals surface area contributed by atoms with E-state index >= 15 is 0 Å². The van der Waals surface area contributed by atoms with Crippen LogP contribution in [0, 0.1) is 12.3 Å². The van der Waals surface area contributed by atoms with Crippen molar-refractivity contribution in [3.63, 3.8) is 0 Å². The fourth-order valence-electron chi connectivity index (χ4n) is 2.26. The Kier molecular flexibility index (Phi) is 5.00. The van der Waals surface area contributed by atoms with Crippen molar-refractivity contribution in [3.8, 4) is 12.3 Å². The largest absolute Gasteiger partial charge is 0.352 e. The van der Waals surface area contributed by atoms with E-state index in [9.17, 15) is 4.79 Å². The van der Waals surface area contributed by atoms with Crippen LogP contribution in [-0.2, 0) is 24.4 Å². The van der Waals surface area contributed by atoms with Gasteiger partial charge in [-0.1, -0.05) is 18.2 Å². The first-order chi connectivity index (χ1) is 9.29. The third-order valence-corrected chi connectivity index (χ3v) is 3.37. The van der Waals surface area contributed by atoms with Crippen molar-refractivity contribution >= 4 is 5.91 Å². The average Bonchev–Trinajstić information content (AvgIpc) is 2.89. The van der Waals surface area contributed by atoms with Gasteiger partial charge in [0.25, 0.3) is 0 Å². The molecule has 1 aliphatic heterocycles. The van der Waals surface area contributed by atoms with Crippen molar-refractivity contribution in [2.45, 2.75) is 45.3 Å². The van der Waals surface area contributed by atoms with Gasteiger partial charge in [0.05, 0.1) is 0 Å². The maximum Gasteiger partial charge on any atom is 0.220 e. The molecule has 0 aliphatic carbocycles. The van der Waals surface area contributed by atoms with Gasteiger partial charge in [0.15, 0.2) is 0 Å². The molecule has 0 fully saturated rings. The Bertz CT molecular complexity index is 488. The summed E-state index contributed by atoms with van der Waals surface area (Å²) in [6.45, 7) is 2.50. The van der Waals surface area contributed by atoms with Crippen molar-refractivity contribution in [2.75, 3.05) is 0 Å². The molecule has 19 heavy (non-hydrogen) atoms. The van der Waals surface area contributed by atoms with Crippen LogP contribution in [0.3, 0.4) is 0 Å². The van der Waals surface area contributed by atoms with Gasteiger partial charge in [0.2, 0.25) is 5.91 Å². The van der Waals surface area contributed by atoms with Gasteiger partial charge in [-0.3, -0.25) is 4.79 Å². The molecule has 0 unspecified atom stereocenters. The van der Waals surface area contributed by atoms with Gasteiger partial charge in [-0.15, -0.1) is 12.3 Å². The summed E-state index contributed by atoms with van der Waals surface area (Å²) in [4.78, 5) is 11.6. The SMILES string of the molecule is C#CCCCCC(=O)NCc1ccc2c(c1)CNC2. The molecular weight excluding hydrogens is 236 g/mol. The average molecular weight is 256 g/mol. The topological polar surface area (TPSA) is 41.1 Å². The predicted octanol–water partition coefficient (Wildman–Crippen LogP) is 2.10. The predicted molar refractivity (Wildman–Crippen MR) is 76.1 cm³/mol. The lowest BCUT2D eigenvalue weighted by molar-refractivity contribution is -0.121. The smallest absolute Gasteiger partial charge is 0.220 e. The number of amides is 1. The first-order valence-electron chi connectivity index (χ1n) is 6.81. The Balaban J connectivity index is 1.73. The molecule has 0 bridgehead atoms. The van der Waals surface area contributed by atoms with Gasteiger partial charge in [0, 0.05) is 32.5 Å². The van der Waals surface area contributed by atoms with Crippen LogP contribution in [0.15, 0.2) is 18.2 Å². The fraction of sp³-hybridized carbons (Fsp3) is 0.438. The van der Waals surface area contributed by atoms with Gasteiger partial charge in [0.1, 0.15) is 0 Å². The third-order valence-electron chi connectivity index (χ3n) is 3.37. The molecule has 1 aromatic rings. The highest BCUT2D eigenvalue weighted by atomic mass is 16.1. The molecule has 0 aromatic heterocycles. The number of fused-ring (bicyclic) bond motifs is 1. The molecule has 0 spiro atoms. The van der Waals surface area contributed by atoms with E-state index in [4.69, 9.17) is 6.42 Å². The van der Waals surface area contributed by atoms with Crippen LogP contribution in [0.2, 0.25) is 0 Å². The highest BCUT2D eigenvalue weighted by molar-refractivity contribution is 5.75. The monoisotopic (exact) mass is 256 g/mol. The number of terminal acetylenes is 1. The second-order valence-electron chi connectivity index (χ2n) is 4.89. The first-order valence-corrected chi connectivity index (χ1v) is 6.81. The molecule has 0 saturated heterocycles. The van der Waals surface area contributed by atoms with E-state index in [1.165, 1.54) is 16.7 Å².